The second-order valence-corrected chi connectivity index (χ2v) is 11.9. The van der Waals surface area contributed by atoms with E-state index in [9.17, 15) is 19.9 Å². The van der Waals surface area contributed by atoms with Crippen LogP contribution in [0.1, 0.15) is 5.82 Å². The van der Waals surface area contributed by atoms with E-state index in [2.05, 4.69) is 38.8 Å². The summed E-state index contributed by atoms with van der Waals surface area (Å²) in [5.74, 6) is 0.0492. The number of hydrogen-bond acceptors (Lipinski definition) is 12. The number of amides is 1. The van der Waals surface area contributed by atoms with Gasteiger partial charge in [0.05, 0.1) is 43.2 Å². The molecule has 5 heterocycles. The Balaban J connectivity index is 1.26. The van der Waals surface area contributed by atoms with Gasteiger partial charge in [0, 0.05) is 54.3 Å². The molecule has 5 rings (SSSR count). The number of carboxylic acid groups (broad SMARTS) is 1. The molecule has 1 aromatic rings. The zero-order chi connectivity index (χ0) is 24.2. The number of aromatic nitrogens is 2. The number of rotatable bonds is 6. The standard InChI is InChI=1S/C20H28N8O4S2/c1-26-3-10-6-28(2,7-11(10)4-26)8-12-9-33-18-13(5-27(18)15(12)19(30)31)22-17(29)14(24-32)16-23-20(21)34-25-16/h10-11,13,18H,3-9H2,1-2H3,(H4-,21,22,23,25,29,30,31,32)/t10?,11?,13-,18-,28?/m1/s1. The van der Waals surface area contributed by atoms with Crippen molar-refractivity contribution in [2.75, 3.05) is 64.9 Å². The molecule has 2 unspecified atom stereocenters. The largest absolute Gasteiger partial charge is 0.543 e. The molecule has 184 valence electrons. The summed E-state index contributed by atoms with van der Waals surface area (Å²) in [5.41, 5.74) is 6.38. The molecule has 34 heavy (non-hydrogen) atoms. The topological polar surface area (TPSA) is 160 Å². The molecule has 4 atom stereocenters. The van der Waals surface area contributed by atoms with Crippen LogP contribution >= 0.6 is 23.3 Å². The number of fused-ring (bicyclic) bond motifs is 2. The van der Waals surface area contributed by atoms with Gasteiger partial charge in [-0.2, -0.15) is 9.36 Å². The van der Waals surface area contributed by atoms with Gasteiger partial charge in [0.2, 0.25) is 11.5 Å². The van der Waals surface area contributed by atoms with Crippen LogP contribution in [0.25, 0.3) is 0 Å². The maximum Gasteiger partial charge on any atom is 0.277 e. The number of likely N-dealkylation sites (N-methyl/N-ethyl adjacent to an activating group) is 1. The van der Waals surface area contributed by atoms with E-state index in [1.165, 1.54) is 0 Å². The third-order valence-corrected chi connectivity index (χ3v) is 9.24. The van der Waals surface area contributed by atoms with E-state index in [1.807, 2.05) is 0 Å². The number of oxime groups is 1. The smallest absolute Gasteiger partial charge is 0.277 e. The maximum atomic E-state index is 12.6. The summed E-state index contributed by atoms with van der Waals surface area (Å²) < 4.78 is 4.76. The number of anilines is 1. The van der Waals surface area contributed by atoms with Gasteiger partial charge in [-0.3, -0.25) is 4.79 Å². The number of nitrogens with two attached hydrogens (primary N) is 1. The van der Waals surface area contributed by atoms with Crippen LogP contribution in [-0.2, 0) is 9.59 Å². The molecular weight excluding hydrogens is 480 g/mol. The van der Waals surface area contributed by atoms with Crippen LogP contribution in [0.5, 0.6) is 0 Å². The fraction of sp³-hybridized carbons (Fsp3) is 0.650. The third-order valence-electron chi connectivity index (χ3n) is 7.26. The first-order chi connectivity index (χ1) is 16.2. The first-order valence-corrected chi connectivity index (χ1v) is 13.0. The maximum absolute atomic E-state index is 12.6. The number of carbonyl (C=O) groups is 2. The Labute approximate surface area is 205 Å². The van der Waals surface area contributed by atoms with E-state index in [4.69, 9.17) is 5.73 Å². The number of nitrogens with zero attached hydrogens (tertiary/aromatic N) is 6. The lowest BCUT2D eigenvalue weighted by atomic mass is 10.0. The van der Waals surface area contributed by atoms with Crippen LogP contribution < -0.4 is 16.2 Å². The van der Waals surface area contributed by atoms with E-state index in [1.54, 1.807) is 16.7 Å². The Hall–Kier alpha value is -2.42. The Morgan fingerprint density at radius 3 is 2.62 bits per heavy atom. The van der Waals surface area contributed by atoms with Crippen molar-refractivity contribution in [3.8, 4) is 0 Å². The van der Waals surface area contributed by atoms with Crippen molar-refractivity contribution >= 4 is 46.0 Å². The monoisotopic (exact) mass is 508 g/mol. The molecule has 0 saturated carbocycles. The molecule has 3 saturated heterocycles. The average Bonchev–Trinajstić information content (AvgIpc) is 3.39. The first kappa shape index (κ1) is 23.3. The number of likely N-dealkylation sites (tertiary alicyclic amines) is 2. The Kier molecular flexibility index (Phi) is 5.94. The molecule has 14 heteroatoms. The number of nitrogens with one attached hydrogen (secondary N) is 1. The van der Waals surface area contributed by atoms with Gasteiger partial charge in [0.15, 0.2) is 5.13 Å². The molecule has 0 radical (unpaired) electrons. The third kappa shape index (κ3) is 4.12. The summed E-state index contributed by atoms with van der Waals surface area (Å²) in [6, 6.07) is -0.312. The fourth-order valence-corrected chi connectivity index (χ4v) is 7.80. The van der Waals surface area contributed by atoms with Crippen molar-refractivity contribution in [3.63, 3.8) is 0 Å². The minimum atomic E-state index is -1.17. The van der Waals surface area contributed by atoms with Crippen LogP contribution in [0.15, 0.2) is 16.4 Å². The normalized spacial score (nSPS) is 33.5. The molecule has 3 fully saturated rings. The van der Waals surface area contributed by atoms with E-state index in [0.717, 1.165) is 47.8 Å². The molecule has 4 aliphatic rings. The zero-order valence-electron chi connectivity index (χ0n) is 19.0. The molecule has 4 N–H and O–H groups in total. The van der Waals surface area contributed by atoms with Crippen molar-refractivity contribution in [1.82, 2.24) is 24.5 Å². The lowest BCUT2D eigenvalue weighted by Crippen LogP contribution is -2.68. The van der Waals surface area contributed by atoms with E-state index >= 15 is 0 Å². The summed E-state index contributed by atoms with van der Waals surface area (Å²) in [5, 5.41) is 27.2. The Morgan fingerprint density at radius 1 is 1.32 bits per heavy atom. The lowest BCUT2D eigenvalue weighted by Gasteiger charge is -2.53. The minimum Gasteiger partial charge on any atom is -0.543 e. The fourth-order valence-electron chi connectivity index (χ4n) is 6.01. The van der Waals surface area contributed by atoms with E-state index < -0.39 is 11.9 Å². The molecule has 12 nitrogen and oxygen atoms in total. The average molecular weight is 509 g/mol. The molecule has 1 aromatic heterocycles. The van der Waals surface area contributed by atoms with Gasteiger partial charge in [0.1, 0.15) is 6.54 Å². The summed E-state index contributed by atoms with van der Waals surface area (Å²) in [6.45, 7) is 5.37. The number of aliphatic carboxylic acids is 1. The Morgan fingerprint density at radius 2 is 2.03 bits per heavy atom. The predicted octanol–water partition coefficient (Wildman–Crippen LogP) is -2.19. The van der Waals surface area contributed by atoms with Crippen LogP contribution in [0, 0.1) is 11.8 Å². The summed E-state index contributed by atoms with van der Waals surface area (Å²) in [6.07, 6.45) is 0. The molecule has 1 amide bonds. The highest BCUT2D eigenvalue weighted by atomic mass is 32.2. The van der Waals surface area contributed by atoms with Crippen molar-refractivity contribution in [1.29, 1.82) is 0 Å². The number of quaternary nitrogens is 1. The highest BCUT2D eigenvalue weighted by Crippen LogP contribution is 2.41. The van der Waals surface area contributed by atoms with Crippen LogP contribution in [0.2, 0.25) is 0 Å². The SMILES string of the molecule is CN1CC2C[N+](C)(CC3=C(C(=O)[O-])N4C[C@@H](NC(=O)/C(=N\O)c5nsc(N)n5)[C@H]4SC3)CC2C1. The molecule has 0 aromatic carbocycles. The molecular formula is C20H28N8O4S2. The van der Waals surface area contributed by atoms with Crippen LogP contribution in [-0.4, -0.2) is 117 Å². The van der Waals surface area contributed by atoms with Gasteiger partial charge in [-0.25, -0.2) is 0 Å². The van der Waals surface area contributed by atoms with Crippen molar-refractivity contribution in [2.45, 2.75) is 11.4 Å². The van der Waals surface area contributed by atoms with Gasteiger partial charge in [0.25, 0.3) is 5.91 Å². The van der Waals surface area contributed by atoms with Gasteiger partial charge >= 0.3 is 0 Å². The second kappa shape index (κ2) is 8.66. The summed E-state index contributed by atoms with van der Waals surface area (Å²) >= 11 is 2.50. The number of nitrogen functional groups attached to an aromatic ring is 1. The van der Waals surface area contributed by atoms with Gasteiger partial charge in [-0.1, -0.05) is 5.16 Å². The minimum absolute atomic E-state index is 0.0499. The predicted molar refractivity (Wildman–Crippen MR) is 125 cm³/mol. The number of hydrogen-bond donors (Lipinski definition) is 3. The Bertz CT molecular complexity index is 1060. The van der Waals surface area contributed by atoms with Gasteiger partial charge in [-0.15, -0.1) is 11.8 Å². The molecule has 4 aliphatic heterocycles. The van der Waals surface area contributed by atoms with Crippen molar-refractivity contribution in [3.05, 3.63) is 17.1 Å². The summed E-state index contributed by atoms with van der Waals surface area (Å²) in [7, 11) is 4.39. The lowest BCUT2D eigenvalue weighted by molar-refractivity contribution is -0.896. The first-order valence-electron chi connectivity index (χ1n) is 11.1. The highest BCUT2D eigenvalue weighted by Gasteiger charge is 2.50. The van der Waals surface area contributed by atoms with Gasteiger partial charge in [-0.05, 0) is 7.05 Å². The number of carboxylic acids is 1. The number of thioether (sulfide) groups is 1. The molecule has 0 bridgehead atoms. The van der Waals surface area contributed by atoms with E-state index in [0.29, 0.717) is 30.7 Å². The van der Waals surface area contributed by atoms with Gasteiger partial charge < -0.3 is 40.4 Å². The number of carbonyl (C=O) groups excluding carboxylic acids is 2. The molecule has 0 spiro atoms. The zero-order valence-corrected chi connectivity index (χ0v) is 20.6. The van der Waals surface area contributed by atoms with Crippen LogP contribution in [0.3, 0.4) is 0 Å². The van der Waals surface area contributed by atoms with Crippen LogP contribution in [0.4, 0.5) is 5.13 Å². The van der Waals surface area contributed by atoms with Crippen molar-refractivity contribution < 1.29 is 24.4 Å². The van der Waals surface area contributed by atoms with Crippen molar-refractivity contribution in [2.24, 2.45) is 17.0 Å². The van der Waals surface area contributed by atoms with E-state index in [-0.39, 0.29) is 33.8 Å². The molecule has 0 aliphatic carbocycles. The summed E-state index contributed by atoms with van der Waals surface area (Å²) in [4.78, 5) is 32.8. The second-order valence-electron chi connectivity index (χ2n) is 9.96. The quantitative estimate of drug-likeness (QED) is 0.167. The highest BCUT2D eigenvalue weighted by molar-refractivity contribution is 8.00.